The zero-order valence-electron chi connectivity index (χ0n) is 31.4. The molecule has 1 aromatic heterocycles. The standard InChI is InChI=1S/C40H45N5O10/c1-6-27(53-36-32(42-19(2)47)38(51)54-28(18-46)35(36)49)37(50)43(4)45-25-15-20-11-12-21(25)29-22-16-41-17-23(22)30-31-24(9-7-10-26(31)48)44(33(30)34(29)45)14-8-13-40(3,55-20)39(45)52-5/h8-9,11-13,16-17,20,27-28,32,35-36,38-39,46,49,51H,6-7,10,14-15,18H2,1-5H3/p+1/b13-8-/t20-,27?,28+,32+,35+,36+,38-,39-,40+,45-/m0/s1. The number of aliphatic imine (C=N–C) groups is 1. The van der Waals surface area contributed by atoms with Gasteiger partial charge in [0.05, 0.1) is 37.3 Å². The minimum Gasteiger partial charge on any atom is -0.394 e. The lowest BCUT2D eigenvalue weighted by Crippen LogP contribution is -2.72. The summed E-state index contributed by atoms with van der Waals surface area (Å²) in [6, 6.07) is -1.25. The van der Waals surface area contributed by atoms with Gasteiger partial charge in [0.1, 0.15) is 36.0 Å². The molecule has 0 saturated carbocycles. The highest BCUT2D eigenvalue weighted by atomic mass is 16.6. The quantitative estimate of drug-likeness (QED) is 0.217. The number of ether oxygens (including phenoxy) is 4. The van der Waals surface area contributed by atoms with Gasteiger partial charge in [0.15, 0.2) is 29.1 Å². The third kappa shape index (κ3) is 4.84. The molecule has 1 aromatic carbocycles. The molecule has 2 amide bonds. The number of carbonyl (C=O) groups is 3. The van der Waals surface area contributed by atoms with Gasteiger partial charge in [-0.3, -0.25) is 19.4 Å². The van der Waals surface area contributed by atoms with E-state index < -0.39 is 67.0 Å². The van der Waals surface area contributed by atoms with Crippen molar-refractivity contribution >= 4 is 58.3 Å². The zero-order valence-corrected chi connectivity index (χ0v) is 31.4. The van der Waals surface area contributed by atoms with Crippen LogP contribution in [0.4, 0.5) is 5.69 Å². The molecule has 10 atom stereocenters. The Kier molecular flexibility index (Phi) is 8.49. The Bertz CT molecular complexity index is 2310. The SMILES string of the molecule is CCC(O[C@H]1[C@H](O)[C@@H](CO)O[C@H](O)[C@@H]1NC(C)=O)C(=O)N(C)[N@@+]12C3=C4C=C[C@@H](C3)O[C@](C)(/C=C\Cn3c5c(c6c7c(c4c1c63)C=NC=7)C(=O)CCC=5)[C@@H]2OC. The van der Waals surface area contributed by atoms with Crippen molar-refractivity contribution in [3.05, 3.63) is 57.3 Å². The van der Waals surface area contributed by atoms with Crippen molar-refractivity contribution in [3.63, 3.8) is 0 Å². The number of nitrogens with one attached hydrogen (secondary N) is 1. The van der Waals surface area contributed by atoms with Crippen LogP contribution in [0.15, 0.2) is 35.0 Å². The van der Waals surface area contributed by atoms with Crippen molar-refractivity contribution < 1.29 is 48.7 Å². The molecule has 5 aliphatic heterocycles. The first-order chi connectivity index (χ1) is 26.4. The van der Waals surface area contributed by atoms with Crippen LogP contribution >= 0.6 is 0 Å². The average Bonchev–Trinajstić information content (AvgIpc) is 3.84. The summed E-state index contributed by atoms with van der Waals surface area (Å²) in [4.78, 5) is 46.3. The van der Waals surface area contributed by atoms with Crippen LogP contribution in [0.3, 0.4) is 0 Å². The highest BCUT2D eigenvalue weighted by molar-refractivity contribution is 6.18. The van der Waals surface area contributed by atoms with Gasteiger partial charge in [0.25, 0.3) is 12.1 Å². The van der Waals surface area contributed by atoms with Crippen LogP contribution in [0.1, 0.15) is 67.9 Å². The summed E-state index contributed by atoms with van der Waals surface area (Å²) in [5, 5.41) is 38.9. The molecule has 15 nitrogen and oxygen atoms in total. The summed E-state index contributed by atoms with van der Waals surface area (Å²) in [7, 11) is 3.32. The Hall–Kier alpha value is -4.32. The van der Waals surface area contributed by atoms with Crippen LogP contribution < -0.4 is 20.5 Å². The van der Waals surface area contributed by atoms with Gasteiger partial charge in [-0.05, 0) is 31.9 Å². The second-order valence-corrected chi connectivity index (χ2v) is 15.5. The van der Waals surface area contributed by atoms with E-state index >= 15 is 4.79 Å². The number of aromatic nitrogens is 1. The van der Waals surface area contributed by atoms with E-state index in [1.54, 1.807) is 26.1 Å². The number of aliphatic hydroxyl groups excluding tert-OH is 3. The molecule has 55 heavy (non-hydrogen) atoms. The van der Waals surface area contributed by atoms with Gasteiger partial charge >= 0.3 is 0 Å². The molecule has 15 heteroatoms. The molecular formula is C40H46N5O10+. The smallest absolute Gasteiger partial charge is 0.297 e. The van der Waals surface area contributed by atoms with Crippen molar-refractivity contribution in [2.45, 2.75) is 108 Å². The van der Waals surface area contributed by atoms with Crippen molar-refractivity contribution in [2.24, 2.45) is 4.99 Å². The molecule has 2 aliphatic carbocycles. The van der Waals surface area contributed by atoms with Crippen LogP contribution in [0.5, 0.6) is 0 Å². The van der Waals surface area contributed by atoms with Crippen LogP contribution in [-0.2, 0) is 35.1 Å². The van der Waals surface area contributed by atoms with E-state index in [0.29, 0.717) is 31.4 Å². The minimum atomic E-state index is -1.63. The van der Waals surface area contributed by atoms with Gasteiger partial charge in [0, 0.05) is 66.5 Å². The van der Waals surface area contributed by atoms with Crippen molar-refractivity contribution in [2.75, 3.05) is 20.8 Å². The average molecular weight is 757 g/mol. The van der Waals surface area contributed by atoms with E-state index in [1.807, 2.05) is 31.5 Å². The number of Topliss-reactive ketones (excluding diaryl/α,β-unsaturated/α-hetero) is 1. The van der Waals surface area contributed by atoms with E-state index in [1.165, 1.54) is 6.92 Å². The molecule has 0 radical (unpaired) electrons. The lowest BCUT2D eigenvalue weighted by Gasteiger charge is -2.50. The Morgan fingerprint density at radius 3 is 2.80 bits per heavy atom. The summed E-state index contributed by atoms with van der Waals surface area (Å²) in [6.07, 6.45) is 7.34. The fraction of sp³-hybridized carbons (Fsp3) is 0.500. The maximum Gasteiger partial charge on any atom is 0.297 e. The summed E-state index contributed by atoms with van der Waals surface area (Å²) in [5.41, 5.74) is 4.66. The maximum absolute atomic E-state index is 15.5. The number of carbonyl (C=O) groups excluding carboxylic acids is 3. The van der Waals surface area contributed by atoms with E-state index in [2.05, 4.69) is 33.1 Å². The zero-order chi connectivity index (χ0) is 38.7. The molecule has 290 valence electrons. The molecule has 4 N–H and O–H groups in total. The highest BCUT2D eigenvalue weighted by Gasteiger charge is 2.67. The maximum atomic E-state index is 15.5. The second-order valence-electron chi connectivity index (χ2n) is 15.5. The van der Waals surface area contributed by atoms with Crippen LogP contribution in [0.25, 0.3) is 28.8 Å². The third-order valence-corrected chi connectivity index (χ3v) is 12.4. The minimum absolute atomic E-state index is 0.0512. The van der Waals surface area contributed by atoms with Gasteiger partial charge in [-0.25, -0.2) is 0 Å². The van der Waals surface area contributed by atoms with Gasteiger partial charge in [0.2, 0.25) is 5.91 Å². The normalized spacial score (nSPS) is 34.7. The number of hydrogen-bond acceptors (Lipinski definition) is 11. The summed E-state index contributed by atoms with van der Waals surface area (Å²) >= 11 is 0. The van der Waals surface area contributed by atoms with Gasteiger partial charge in [-0.1, -0.05) is 25.2 Å². The van der Waals surface area contributed by atoms with Gasteiger partial charge in [-0.2, -0.15) is 5.01 Å². The van der Waals surface area contributed by atoms with Crippen molar-refractivity contribution in [1.82, 2.24) is 19.5 Å². The number of benzene rings is 1. The highest BCUT2D eigenvalue weighted by Crippen LogP contribution is 2.59. The van der Waals surface area contributed by atoms with Crippen molar-refractivity contribution in [1.29, 1.82) is 0 Å². The number of methoxy groups -OCH3 is 1. The Morgan fingerprint density at radius 2 is 2.07 bits per heavy atom. The molecule has 4 bridgehead atoms. The first kappa shape index (κ1) is 36.3. The molecule has 1 unspecified atom stereocenters. The van der Waals surface area contributed by atoms with Crippen molar-refractivity contribution in [3.8, 4) is 0 Å². The monoisotopic (exact) mass is 756 g/mol. The molecule has 9 rings (SSSR count). The number of ketones is 1. The number of hydrogen-bond donors (Lipinski definition) is 4. The van der Waals surface area contributed by atoms with Crippen LogP contribution in [0, 0.1) is 0 Å². The summed E-state index contributed by atoms with van der Waals surface area (Å²) in [6.45, 7) is 4.79. The molecule has 6 heterocycles. The summed E-state index contributed by atoms with van der Waals surface area (Å²) < 4.78 is 27.4. The predicted octanol–water partition coefficient (Wildman–Crippen LogP) is 0.373. The number of aliphatic hydroxyl groups is 3. The first-order valence-corrected chi connectivity index (χ1v) is 18.9. The second kappa shape index (κ2) is 12.9. The third-order valence-electron chi connectivity index (χ3n) is 12.4. The van der Waals surface area contributed by atoms with E-state index in [4.69, 9.17) is 18.9 Å². The molecule has 2 fully saturated rings. The predicted molar refractivity (Wildman–Crippen MR) is 200 cm³/mol. The fourth-order valence-electron chi connectivity index (χ4n) is 10.2. The molecule has 2 aromatic rings. The number of fused-ring (bicyclic) bond motifs is 9. The number of quaternary nitrogens is 1. The number of allylic oxidation sites excluding steroid dienone is 3. The number of rotatable bonds is 8. The number of nitrogens with zero attached hydrogens (tertiary/aromatic N) is 4. The number of likely N-dealkylation sites (N-methyl/N-ethyl adjacent to an activating group) is 1. The molecule has 0 spiro atoms. The van der Waals surface area contributed by atoms with Crippen LogP contribution in [-0.4, -0.2) is 124 Å². The van der Waals surface area contributed by atoms with E-state index in [0.717, 1.165) is 49.6 Å². The topological polar surface area (TPSA) is 181 Å². The van der Waals surface area contributed by atoms with Gasteiger partial charge in [-0.15, -0.1) is 4.59 Å². The van der Waals surface area contributed by atoms with Gasteiger partial charge < -0.3 is 44.2 Å². The molecule has 7 aliphatic rings. The lowest BCUT2D eigenvalue weighted by molar-refractivity contribution is -0.269. The first-order valence-electron chi connectivity index (χ1n) is 18.9. The number of amides is 2. The lowest BCUT2D eigenvalue weighted by atomic mass is 9.90. The Balaban J connectivity index is 1.31. The van der Waals surface area contributed by atoms with E-state index in [-0.39, 0.29) is 22.9 Å². The van der Waals surface area contributed by atoms with Crippen LogP contribution in [0.2, 0.25) is 0 Å². The summed E-state index contributed by atoms with van der Waals surface area (Å²) in [5.74, 6) is -0.935. The molecular weight excluding hydrogens is 710 g/mol. The molecule has 2 saturated heterocycles. The van der Waals surface area contributed by atoms with E-state index in [9.17, 15) is 24.9 Å². The Labute approximate surface area is 316 Å². The fourth-order valence-corrected chi connectivity index (χ4v) is 10.2. The largest absolute Gasteiger partial charge is 0.394 e. The Morgan fingerprint density at radius 1 is 1.27 bits per heavy atom.